The summed E-state index contributed by atoms with van der Waals surface area (Å²) in [5, 5.41) is 3.87. The Bertz CT molecular complexity index is 901. The summed E-state index contributed by atoms with van der Waals surface area (Å²) < 4.78 is 12.9. The fraction of sp³-hybridized carbons (Fsp3) is 0.278. The topological polar surface area (TPSA) is 77.2 Å². The Balaban J connectivity index is 1.33. The molecule has 0 atom stereocenters. The Morgan fingerprint density at radius 1 is 1.12 bits per heavy atom. The van der Waals surface area contributed by atoms with Crippen LogP contribution in [0.15, 0.2) is 42.9 Å². The van der Waals surface area contributed by atoms with Gasteiger partial charge in [-0.1, -0.05) is 12.1 Å². The van der Waals surface area contributed by atoms with E-state index in [1.807, 2.05) is 12.3 Å². The average Bonchev–Trinajstić information content (AvgIpc) is 3.16. The summed E-state index contributed by atoms with van der Waals surface area (Å²) in [5.41, 5.74) is 1.68. The van der Waals surface area contributed by atoms with Crippen LogP contribution in [0.2, 0.25) is 0 Å². The second kappa shape index (κ2) is 6.99. The molecule has 2 N–H and O–H groups in total. The number of halogens is 1. The lowest BCUT2D eigenvalue weighted by atomic mass is 10.2. The highest BCUT2D eigenvalue weighted by Crippen LogP contribution is 2.22. The van der Waals surface area contributed by atoms with Gasteiger partial charge in [0, 0.05) is 38.9 Å². The van der Waals surface area contributed by atoms with E-state index in [0.717, 1.165) is 22.4 Å². The monoisotopic (exact) mass is 354 g/mol. The molecule has 3 heterocycles. The molecule has 1 saturated heterocycles. The fourth-order valence-electron chi connectivity index (χ4n) is 3.12. The first kappa shape index (κ1) is 16.3. The van der Waals surface area contributed by atoms with Crippen molar-refractivity contribution in [3.8, 4) is 0 Å². The summed E-state index contributed by atoms with van der Waals surface area (Å²) in [6.45, 7) is 3.04. The summed E-state index contributed by atoms with van der Waals surface area (Å²) in [6.07, 6.45) is 3.40. The molecule has 0 radical (unpaired) electrons. The summed E-state index contributed by atoms with van der Waals surface area (Å²) in [6, 6.07) is 7.98. The van der Waals surface area contributed by atoms with Crippen LogP contribution in [-0.2, 0) is 6.54 Å². The largest absolute Gasteiger partial charge is 0.352 e. The van der Waals surface area contributed by atoms with Crippen LogP contribution in [0.25, 0.3) is 11.0 Å². The SMILES string of the molecule is O=C(NCc1ccc(F)cc1)N1CCN(c2ncnc3[nH]ccc23)CC1. The zero-order chi connectivity index (χ0) is 17.9. The van der Waals surface area contributed by atoms with Crippen LogP contribution >= 0.6 is 0 Å². The first-order valence-corrected chi connectivity index (χ1v) is 8.51. The summed E-state index contributed by atoms with van der Waals surface area (Å²) in [5.74, 6) is 0.611. The first-order chi connectivity index (χ1) is 12.7. The number of H-pyrrole nitrogens is 1. The van der Waals surface area contributed by atoms with Gasteiger partial charge in [0.15, 0.2) is 0 Å². The van der Waals surface area contributed by atoms with E-state index in [1.165, 1.54) is 12.1 Å². The van der Waals surface area contributed by atoms with Crippen molar-refractivity contribution in [1.82, 2.24) is 25.2 Å². The molecule has 1 aliphatic rings. The van der Waals surface area contributed by atoms with Crippen LogP contribution in [0, 0.1) is 5.82 Å². The van der Waals surface area contributed by atoms with E-state index in [0.29, 0.717) is 32.7 Å². The van der Waals surface area contributed by atoms with Crippen LogP contribution in [-0.4, -0.2) is 52.1 Å². The van der Waals surface area contributed by atoms with E-state index < -0.39 is 0 Å². The number of piperazine rings is 1. The highest BCUT2D eigenvalue weighted by atomic mass is 19.1. The zero-order valence-corrected chi connectivity index (χ0v) is 14.2. The van der Waals surface area contributed by atoms with E-state index in [1.54, 1.807) is 23.4 Å². The normalized spacial score (nSPS) is 14.7. The second-order valence-electron chi connectivity index (χ2n) is 6.20. The highest BCUT2D eigenvalue weighted by molar-refractivity contribution is 5.87. The summed E-state index contributed by atoms with van der Waals surface area (Å²) in [4.78, 5) is 28.0. The number of nitrogens with zero attached hydrogens (tertiary/aromatic N) is 4. The number of hydrogen-bond donors (Lipinski definition) is 2. The van der Waals surface area contributed by atoms with Crippen LogP contribution < -0.4 is 10.2 Å². The number of nitrogens with one attached hydrogen (secondary N) is 2. The van der Waals surface area contributed by atoms with Crippen LogP contribution in [0.1, 0.15) is 5.56 Å². The maximum Gasteiger partial charge on any atom is 0.317 e. The number of carbonyl (C=O) groups is 1. The number of fused-ring (bicyclic) bond motifs is 1. The minimum atomic E-state index is -0.280. The number of benzene rings is 1. The maximum absolute atomic E-state index is 12.9. The molecule has 3 aromatic rings. The number of anilines is 1. The number of amides is 2. The van der Waals surface area contributed by atoms with Gasteiger partial charge in [0.2, 0.25) is 0 Å². The molecule has 0 saturated carbocycles. The lowest BCUT2D eigenvalue weighted by Gasteiger charge is -2.35. The minimum absolute atomic E-state index is 0.108. The van der Waals surface area contributed by atoms with Gasteiger partial charge in [-0.05, 0) is 23.8 Å². The van der Waals surface area contributed by atoms with Crippen molar-refractivity contribution in [3.63, 3.8) is 0 Å². The van der Waals surface area contributed by atoms with E-state index in [9.17, 15) is 9.18 Å². The van der Waals surface area contributed by atoms with Gasteiger partial charge in [-0.15, -0.1) is 0 Å². The third-order valence-electron chi connectivity index (χ3n) is 4.56. The Labute approximate surface area is 149 Å². The first-order valence-electron chi connectivity index (χ1n) is 8.51. The number of aromatic nitrogens is 3. The van der Waals surface area contributed by atoms with Crippen molar-refractivity contribution in [2.75, 3.05) is 31.1 Å². The number of carbonyl (C=O) groups excluding carboxylic acids is 1. The standard InChI is InChI=1S/C18H19FN6O/c19-14-3-1-13(2-4-14)11-21-18(26)25-9-7-24(8-10-25)17-15-5-6-20-16(15)22-12-23-17/h1-6,12H,7-11H2,(H,21,26)(H,20,22,23). The predicted molar refractivity (Wildman–Crippen MR) is 96.3 cm³/mol. The molecule has 1 aromatic carbocycles. The quantitative estimate of drug-likeness (QED) is 0.755. The van der Waals surface area contributed by atoms with E-state index in [4.69, 9.17) is 0 Å². The third kappa shape index (κ3) is 3.30. The van der Waals surface area contributed by atoms with E-state index in [-0.39, 0.29) is 11.8 Å². The molecule has 2 amide bonds. The molecule has 0 spiro atoms. The van der Waals surface area contributed by atoms with Gasteiger partial charge in [-0.3, -0.25) is 0 Å². The van der Waals surface area contributed by atoms with Gasteiger partial charge < -0.3 is 20.1 Å². The van der Waals surface area contributed by atoms with Crippen molar-refractivity contribution < 1.29 is 9.18 Å². The molecule has 0 aliphatic carbocycles. The van der Waals surface area contributed by atoms with Crippen LogP contribution in [0.4, 0.5) is 15.0 Å². The van der Waals surface area contributed by atoms with Crippen molar-refractivity contribution in [2.24, 2.45) is 0 Å². The van der Waals surface area contributed by atoms with Gasteiger partial charge in [-0.25, -0.2) is 19.2 Å². The minimum Gasteiger partial charge on any atom is -0.352 e. The fourth-order valence-corrected chi connectivity index (χ4v) is 3.12. The molecule has 8 heteroatoms. The molecule has 26 heavy (non-hydrogen) atoms. The molecule has 134 valence electrons. The predicted octanol–water partition coefficient (Wildman–Crippen LogP) is 2.13. The summed E-state index contributed by atoms with van der Waals surface area (Å²) >= 11 is 0. The van der Waals surface area contributed by atoms with Gasteiger partial charge in [0.1, 0.15) is 23.6 Å². The lowest BCUT2D eigenvalue weighted by Crippen LogP contribution is -2.52. The van der Waals surface area contributed by atoms with E-state index in [2.05, 4.69) is 25.2 Å². The van der Waals surface area contributed by atoms with Crippen LogP contribution in [0.5, 0.6) is 0 Å². The maximum atomic E-state index is 12.9. The number of hydrogen-bond acceptors (Lipinski definition) is 4. The van der Waals surface area contributed by atoms with Crippen molar-refractivity contribution in [3.05, 3.63) is 54.2 Å². The Morgan fingerprint density at radius 3 is 2.65 bits per heavy atom. The zero-order valence-electron chi connectivity index (χ0n) is 14.2. The van der Waals surface area contributed by atoms with Crippen molar-refractivity contribution >= 4 is 22.9 Å². The number of aromatic amines is 1. The second-order valence-corrected chi connectivity index (χ2v) is 6.20. The van der Waals surface area contributed by atoms with Gasteiger partial charge in [-0.2, -0.15) is 0 Å². The van der Waals surface area contributed by atoms with Crippen LogP contribution in [0.3, 0.4) is 0 Å². The number of urea groups is 1. The van der Waals surface area contributed by atoms with Gasteiger partial charge >= 0.3 is 6.03 Å². The Kier molecular flexibility index (Phi) is 4.39. The smallest absolute Gasteiger partial charge is 0.317 e. The van der Waals surface area contributed by atoms with Crippen molar-refractivity contribution in [2.45, 2.75) is 6.54 Å². The van der Waals surface area contributed by atoms with Gasteiger partial charge in [0.05, 0.1) is 5.39 Å². The van der Waals surface area contributed by atoms with E-state index >= 15 is 0 Å². The highest BCUT2D eigenvalue weighted by Gasteiger charge is 2.23. The van der Waals surface area contributed by atoms with Crippen molar-refractivity contribution in [1.29, 1.82) is 0 Å². The Morgan fingerprint density at radius 2 is 1.88 bits per heavy atom. The summed E-state index contributed by atoms with van der Waals surface area (Å²) in [7, 11) is 0. The Hall–Kier alpha value is -3.16. The molecular formula is C18H19FN6O. The molecule has 7 nitrogen and oxygen atoms in total. The molecule has 1 aliphatic heterocycles. The average molecular weight is 354 g/mol. The third-order valence-corrected chi connectivity index (χ3v) is 4.56. The molecule has 2 aromatic heterocycles. The molecule has 0 unspecified atom stereocenters. The lowest BCUT2D eigenvalue weighted by molar-refractivity contribution is 0.194. The van der Waals surface area contributed by atoms with Gasteiger partial charge in [0.25, 0.3) is 0 Å². The molecular weight excluding hydrogens is 335 g/mol. The molecule has 4 rings (SSSR count). The molecule has 1 fully saturated rings. The molecule has 0 bridgehead atoms. The number of rotatable bonds is 3.